The summed E-state index contributed by atoms with van der Waals surface area (Å²) in [5.41, 5.74) is 14.5. The van der Waals surface area contributed by atoms with Crippen molar-refractivity contribution in [1.82, 2.24) is 0 Å². The molecule has 3 heteroatoms. The van der Waals surface area contributed by atoms with E-state index < -0.39 is 0 Å². The van der Waals surface area contributed by atoms with Crippen molar-refractivity contribution in [3.05, 3.63) is 29.3 Å². The van der Waals surface area contributed by atoms with E-state index in [1.54, 1.807) is 0 Å². The van der Waals surface area contributed by atoms with E-state index in [0.29, 0.717) is 13.2 Å². The van der Waals surface area contributed by atoms with Crippen LogP contribution in [0.5, 0.6) is 0 Å². The molecule has 0 bridgehead atoms. The van der Waals surface area contributed by atoms with E-state index in [0.717, 1.165) is 16.8 Å². The molecule has 0 saturated heterocycles. The Balaban J connectivity index is 2.46. The van der Waals surface area contributed by atoms with Gasteiger partial charge in [0.1, 0.15) is 0 Å². The molecule has 12 heavy (non-hydrogen) atoms. The average molecular weight is 164 g/mol. The maximum absolute atomic E-state index is 5.83. The molecule has 0 amide bonds. The second-order valence-corrected chi connectivity index (χ2v) is 3.08. The number of nitrogen functional groups attached to an aromatic ring is 1. The van der Waals surface area contributed by atoms with E-state index in [1.165, 1.54) is 0 Å². The van der Waals surface area contributed by atoms with Gasteiger partial charge in [-0.2, -0.15) is 0 Å². The maximum atomic E-state index is 5.83. The molecule has 1 aliphatic rings. The van der Waals surface area contributed by atoms with Gasteiger partial charge < -0.3 is 16.2 Å². The molecule has 0 spiro atoms. The van der Waals surface area contributed by atoms with Crippen molar-refractivity contribution >= 4 is 5.69 Å². The van der Waals surface area contributed by atoms with E-state index in [2.05, 4.69) is 0 Å². The summed E-state index contributed by atoms with van der Waals surface area (Å²) in [6, 6.07) is 5.80. The van der Waals surface area contributed by atoms with Crippen molar-refractivity contribution < 1.29 is 4.74 Å². The van der Waals surface area contributed by atoms with Crippen LogP contribution in [-0.4, -0.2) is 6.61 Å². The minimum Gasteiger partial charge on any atom is -0.399 e. The Kier molecular flexibility index (Phi) is 1.75. The number of hydrogen-bond acceptors (Lipinski definition) is 3. The molecule has 1 aromatic carbocycles. The van der Waals surface area contributed by atoms with Crippen molar-refractivity contribution in [2.45, 2.75) is 12.6 Å². The monoisotopic (exact) mass is 164 g/mol. The molecule has 4 N–H and O–H groups in total. The zero-order valence-electron chi connectivity index (χ0n) is 6.79. The van der Waals surface area contributed by atoms with E-state index in [4.69, 9.17) is 16.2 Å². The van der Waals surface area contributed by atoms with Crippen molar-refractivity contribution in [1.29, 1.82) is 0 Å². The minimum absolute atomic E-state index is 0.00866. The first kappa shape index (κ1) is 7.58. The molecule has 1 aliphatic heterocycles. The number of benzene rings is 1. The zero-order chi connectivity index (χ0) is 8.55. The van der Waals surface area contributed by atoms with E-state index in [9.17, 15) is 0 Å². The summed E-state index contributed by atoms with van der Waals surface area (Å²) >= 11 is 0. The predicted molar refractivity (Wildman–Crippen MR) is 47.4 cm³/mol. The Morgan fingerprint density at radius 2 is 2.25 bits per heavy atom. The van der Waals surface area contributed by atoms with Gasteiger partial charge in [-0.05, 0) is 23.3 Å². The van der Waals surface area contributed by atoms with E-state index >= 15 is 0 Å². The van der Waals surface area contributed by atoms with Crippen LogP contribution in [0.4, 0.5) is 5.69 Å². The Labute approximate surface area is 71.3 Å². The van der Waals surface area contributed by atoms with Gasteiger partial charge in [-0.25, -0.2) is 0 Å². The largest absolute Gasteiger partial charge is 0.399 e. The summed E-state index contributed by atoms with van der Waals surface area (Å²) in [5, 5.41) is 0. The van der Waals surface area contributed by atoms with Crippen LogP contribution in [0.2, 0.25) is 0 Å². The van der Waals surface area contributed by atoms with Gasteiger partial charge in [-0.1, -0.05) is 6.07 Å². The average Bonchev–Trinajstić information content (AvgIpc) is 2.04. The second-order valence-electron chi connectivity index (χ2n) is 3.08. The molecule has 0 saturated carbocycles. The highest BCUT2D eigenvalue weighted by atomic mass is 16.5. The van der Waals surface area contributed by atoms with E-state index in [-0.39, 0.29) is 6.04 Å². The first-order valence-corrected chi connectivity index (χ1v) is 3.99. The number of anilines is 1. The summed E-state index contributed by atoms with van der Waals surface area (Å²) in [4.78, 5) is 0. The molecular formula is C9H12N2O. The van der Waals surface area contributed by atoms with Crippen molar-refractivity contribution in [3.63, 3.8) is 0 Å². The molecular weight excluding hydrogens is 152 g/mol. The fraction of sp³-hybridized carbons (Fsp3) is 0.333. The van der Waals surface area contributed by atoms with Gasteiger partial charge >= 0.3 is 0 Å². The quantitative estimate of drug-likeness (QED) is 0.557. The number of rotatable bonds is 0. The smallest absolute Gasteiger partial charge is 0.0721 e. The molecule has 1 heterocycles. The van der Waals surface area contributed by atoms with Gasteiger partial charge in [0.05, 0.1) is 19.3 Å². The number of nitrogens with two attached hydrogens (primary N) is 2. The zero-order valence-corrected chi connectivity index (χ0v) is 6.79. The molecule has 1 unspecified atom stereocenters. The van der Waals surface area contributed by atoms with Crippen molar-refractivity contribution in [2.24, 2.45) is 5.73 Å². The Morgan fingerprint density at radius 1 is 1.42 bits per heavy atom. The molecule has 64 valence electrons. The molecule has 0 fully saturated rings. The van der Waals surface area contributed by atoms with Crippen LogP contribution in [0.1, 0.15) is 17.2 Å². The SMILES string of the molecule is Nc1ccc2c(c1)COCC2N. The molecule has 2 rings (SSSR count). The van der Waals surface area contributed by atoms with Gasteiger partial charge in [0.25, 0.3) is 0 Å². The lowest BCUT2D eigenvalue weighted by Crippen LogP contribution is -2.23. The Morgan fingerprint density at radius 3 is 3.08 bits per heavy atom. The highest BCUT2D eigenvalue weighted by molar-refractivity contribution is 5.46. The molecule has 0 aliphatic carbocycles. The van der Waals surface area contributed by atoms with Crippen LogP contribution < -0.4 is 11.5 Å². The molecule has 0 radical (unpaired) electrons. The summed E-state index contributed by atoms with van der Waals surface area (Å²) in [6.45, 7) is 1.24. The van der Waals surface area contributed by atoms with Crippen LogP contribution in [0, 0.1) is 0 Å². The minimum atomic E-state index is 0.00866. The van der Waals surface area contributed by atoms with Crippen LogP contribution in [-0.2, 0) is 11.3 Å². The van der Waals surface area contributed by atoms with Gasteiger partial charge in [-0.15, -0.1) is 0 Å². The Bertz CT molecular complexity index is 299. The summed E-state index contributed by atoms with van der Waals surface area (Å²) < 4.78 is 5.28. The van der Waals surface area contributed by atoms with Crippen molar-refractivity contribution in [2.75, 3.05) is 12.3 Å². The third-order valence-corrected chi connectivity index (χ3v) is 2.12. The standard InChI is InChI=1S/C9H12N2O/c10-7-1-2-8-6(3-7)4-12-5-9(8)11/h1-3,9H,4-5,10-11H2. The molecule has 0 aromatic heterocycles. The predicted octanol–water partition coefficient (Wildman–Crippen LogP) is 0.799. The third-order valence-electron chi connectivity index (χ3n) is 2.12. The Hall–Kier alpha value is -1.06. The lowest BCUT2D eigenvalue weighted by Gasteiger charge is -2.22. The van der Waals surface area contributed by atoms with Crippen LogP contribution >= 0.6 is 0 Å². The lowest BCUT2D eigenvalue weighted by atomic mass is 9.99. The van der Waals surface area contributed by atoms with Crippen molar-refractivity contribution in [3.8, 4) is 0 Å². The van der Waals surface area contributed by atoms with E-state index in [1.807, 2.05) is 18.2 Å². The number of fused-ring (bicyclic) bond motifs is 1. The molecule has 1 aromatic rings. The highest BCUT2D eigenvalue weighted by Gasteiger charge is 2.16. The normalized spacial score (nSPS) is 21.9. The highest BCUT2D eigenvalue weighted by Crippen LogP contribution is 2.24. The summed E-state index contributed by atoms with van der Waals surface area (Å²) in [6.07, 6.45) is 0. The summed E-state index contributed by atoms with van der Waals surface area (Å²) in [5.74, 6) is 0. The van der Waals surface area contributed by atoms with Gasteiger partial charge in [0, 0.05) is 5.69 Å². The van der Waals surface area contributed by atoms with Crippen LogP contribution in [0.3, 0.4) is 0 Å². The molecule has 1 atom stereocenters. The number of ether oxygens (including phenoxy) is 1. The fourth-order valence-corrected chi connectivity index (χ4v) is 1.50. The fourth-order valence-electron chi connectivity index (χ4n) is 1.50. The maximum Gasteiger partial charge on any atom is 0.0721 e. The first-order valence-electron chi connectivity index (χ1n) is 3.99. The third kappa shape index (κ3) is 1.17. The van der Waals surface area contributed by atoms with Gasteiger partial charge in [0.2, 0.25) is 0 Å². The topological polar surface area (TPSA) is 61.3 Å². The van der Waals surface area contributed by atoms with Gasteiger partial charge in [-0.3, -0.25) is 0 Å². The first-order chi connectivity index (χ1) is 5.77. The van der Waals surface area contributed by atoms with Crippen LogP contribution in [0.25, 0.3) is 0 Å². The lowest BCUT2D eigenvalue weighted by molar-refractivity contribution is 0.0924. The second kappa shape index (κ2) is 2.77. The number of hydrogen-bond donors (Lipinski definition) is 2. The van der Waals surface area contributed by atoms with Crippen LogP contribution in [0.15, 0.2) is 18.2 Å². The summed E-state index contributed by atoms with van der Waals surface area (Å²) in [7, 11) is 0. The molecule has 3 nitrogen and oxygen atoms in total. The van der Waals surface area contributed by atoms with Gasteiger partial charge in [0.15, 0.2) is 0 Å².